The van der Waals surface area contributed by atoms with Crippen molar-refractivity contribution in [1.29, 1.82) is 0 Å². The number of hydrogen-bond acceptors (Lipinski definition) is 8. The molecule has 0 N–H and O–H groups in total. The molecule has 4 aliphatic carbocycles. The van der Waals surface area contributed by atoms with Crippen molar-refractivity contribution in [2.45, 2.75) is 160 Å². The predicted molar refractivity (Wildman–Crippen MR) is 153 cm³/mol. The van der Waals surface area contributed by atoms with Crippen molar-refractivity contribution in [3.05, 3.63) is 0 Å². The highest BCUT2D eigenvalue weighted by molar-refractivity contribution is 5.79. The molecule has 0 aromatic carbocycles. The van der Waals surface area contributed by atoms with Gasteiger partial charge in [0.2, 0.25) is 0 Å². The summed E-state index contributed by atoms with van der Waals surface area (Å²) in [6.07, 6.45) is 8.96. The largest absolute Gasteiger partial charge is 0.462 e. The molecule has 7 rings (SSSR count). The third kappa shape index (κ3) is 4.90. The maximum atomic E-state index is 13.3. The van der Waals surface area contributed by atoms with E-state index in [1.54, 1.807) is 0 Å². The molecule has 7 aliphatic rings. The van der Waals surface area contributed by atoms with Gasteiger partial charge in [0.25, 0.3) is 0 Å². The van der Waals surface area contributed by atoms with Crippen LogP contribution in [0.5, 0.6) is 0 Å². The Morgan fingerprint density at radius 3 is 2.36 bits per heavy atom. The molecule has 0 bridgehead atoms. The lowest BCUT2D eigenvalue weighted by molar-refractivity contribution is -0.207. The maximum Gasteiger partial charge on any atom is 0.306 e. The molecule has 3 aliphatic heterocycles. The molecule has 236 valence electrons. The standard InChI is InChI=1S/C34H52O8/c1-31(2)37-18-25(40-31)28-30-29(41-32(3,4)42-30)24(38-28)10-12-27(36)39-26-11-9-22-21-8-7-19-17-20(35)13-15-33(19,5)23(21)14-16-34(22,26)6/h19,21-26,28-30H,7-18H2,1-6H3/t19-,21-,22?,23-,24+,25+,26-,28+,29+,30-,33-,34-/m0/s1. The molecular weight excluding hydrogens is 536 g/mol. The van der Waals surface area contributed by atoms with E-state index in [4.69, 9.17) is 28.4 Å². The second kappa shape index (κ2) is 10.2. The zero-order chi connectivity index (χ0) is 29.7. The summed E-state index contributed by atoms with van der Waals surface area (Å²) in [5.74, 6) is 1.55. The maximum absolute atomic E-state index is 13.3. The third-order valence-electron chi connectivity index (χ3n) is 12.9. The Labute approximate surface area is 251 Å². The van der Waals surface area contributed by atoms with Gasteiger partial charge in [-0.15, -0.1) is 0 Å². The van der Waals surface area contributed by atoms with Gasteiger partial charge in [-0.2, -0.15) is 0 Å². The molecule has 1 unspecified atom stereocenters. The van der Waals surface area contributed by atoms with Gasteiger partial charge in [-0.3, -0.25) is 9.59 Å². The summed E-state index contributed by atoms with van der Waals surface area (Å²) in [6.45, 7) is 13.0. The Balaban J connectivity index is 0.971. The topological polar surface area (TPSA) is 89.5 Å². The smallest absolute Gasteiger partial charge is 0.306 e. The Bertz CT molecular complexity index is 1090. The summed E-state index contributed by atoms with van der Waals surface area (Å²) >= 11 is 0. The monoisotopic (exact) mass is 588 g/mol. The van der Waals surface area contributed by atoms with Gasteiger partial charge in [0.1, 0.15) is 36.3 Å². The lowest BCUT2D eigenvalue weighted by Crippen LogP contribution is -2.54. The summed E-state index contributed by atoms with van der Waals surface area (Å²) in [6, 6.07) is 0. The third-order valence-corrected chi connectivity index (χ3v) is 12.9. The Morgan fingerprint density at radius 2 is 1.60 bits per heavy atom. The van der Waals surface area contributed by atoms with E-state index in [-0.39, 0.29) is 48.0 Å². The fourth-order valence-electron chi connectivity index (χ4n) is 10.8. The molecule has 0 aromatic heterocycles. The zero-order valence-corrected chi connectivity index (χ0v) is 26.5. The van der Waals surface area contributed by atoms with E-state index in [1.165, 1.54) is 19.3 Å². The van der Waals surface area contributed by atoms with Crippen LogP contribution in [0.3, 0.4) is 0 Å². The Morgan fingerprint density at radius 1 is 0.833 bits per heavy atom. The first kappa shape index (κ1) is 29.6. The van der Waals surface area contributed by atoms with Crippen molar-refractivity contribution in [3.63, 3.8) is 0 Å². The van der Waals surface area contributed by atoms with Crippen LogP contribution in [0.15, 0.2) is 0 Å². The summed E-state index contributed by atoms with van der Waals surface area (Å²) in [7, 11) is 0. The summed E-state index contributed by atoms with van der Waals surface area (Å²) in [4.78, 5) is 25.6. The predicted octanol–water partition coefficient (Wildman–Crippen LogP) is 5.73. The van der Waals surface area contributed by atoms with Crippen LogP contribution in [0, 0.1) is 34.5 Å². The van der Waals surface area contributed by atoms with Crippen molar-refractivity contribution in [3.8, 4) is 0 Å². The van der Waals surface area contributed by atoms with Crippen molar-refractivity contribution in [2.24, 2.45) is 34.5 Å². The van der Waals surface area contributed by atoms with Crippen LogP contribution >= 0.6 is 0 Å². The molecule has 0 spiro atoms. The van der Waals surface area contributed by atoms with Gasteiger partial charge in [-0.05, 0) is 108 Å². The van der Waals surface area contributed by atoms with Crippen molar-refractivity contribution in [1.82, 2.24) is 0 Å². The number of rotatable bonds is 5. The zero-order valence-electron chi connectivity index (χ0n) is 26.5. The van der Waals surface area contributed by atoms with Gasteiger partial charge < -0.3 is 28.4 Å². The van der Waals surface area contributed by atoms with Crippen LogP contribution in [0.25, 0.3) is 0 Å². The number of carbonyl (C=O) groups excluding carboxylic acids is 2. The van der Waals surface area contributed by atoms with E-state index in [9.17, 15) is 9.59 Å². The average Bonchev–Trinajstić information content (AvgIpc) is 3.63. The number of ketones is 1. The van der Waals surface area contributed by atoms with Gasteiger partial charge in [0, 0.05) is 24.7 Å². The molecule has 4 saturated carbocycles. The molecule has 12 atom stereocenters. The highest BCUT2D eigenvalue weighted by Crippen LogP contribution is 2.66. The van der Waals surface area contributed by atoms with Gasteiger partial charge in [-0.25, -0.2) is 0 Å². The Hall–Kier alpha value is -1.06. The second-order valence-electron chi connectivity index (χ2n) is 16.1. The SMILES string of the molecule is CC1(C)O[C@@H]2[C@H](O1)[C@@H](CCC(=O)O[C@H]1CCC3[C@@H]4CC[C@H]5CC(=O)CC[C@]5(C)[C@H]4CC[C@@]31C)O[C@@H]2[C@H]1COC(C)(C)O1. The fraction of sp³-hybridized carbons (Fsp3) is 0.941. The van der Waals surface area contributed by atoms with E-state index in [1.807, 2.05) is 27.7 Å². The van der Waals surface area contributed by atoms with Crippen molar-refractivity contribution in [2.75, 3.05) is 6.61 Å². The summed E-state index contributed by atoms with van der Waals surface area (Å²) in [5.41, 5.74) is 0.347. The number of ether oxygens (including phenoxy) is 6. The number of esters is 1. The molecule has 3 heterocycles. The first-order chi connectivity index (χ1) is 19.8. The fourth-order valence-corrected chi connectivity index (χ4v) is 10.8. The second-order valence-corrected chi connectivity index (χ2v) is 16.1. The Kier molecular flexibility index (Phi) is 7.22. The van der Waals surface area contributed by atoms with Crippen LogP contribution in [0.1, 0.15) is 112 Å². The average molecular weight is 589 g/mol. The first-order valence-corrected chi connectivity index (χ1v) is 16.8. The van der Waals surface area contributed by atoms with Gasteiger partial charge >= 0.3 is 5.97 Å². The molecule has 0 amide bonds. The highest BCUT2D eigenvalue weighted by atomic mass is 16.8. The number of Topliss-reactive ketones (excluding diaryl/α,β-unsaturated/α-hetero) is 1. The lowest BCUT2D eigenvalue weighted by Gasteiger charge is -2.60. The van der Waals surface area contributed by atoms with Crippen molar-refractivity contribution < 1.29 is 38.0 Å². The normalized spacial score (nSPS) is 50.6. The van der Waals surface area contributed by atoms with Crippen molar-refractivity contribution >= 4 is 11.8 Å². The van der Waals surface area contributed by atoms with Crippen LogP contribution < -0.4 is 0 Å². The quantitative estimate of drug-likeness (QED) is 0.376. The van der Waals surface area contributed by atoms with E-state index in [2.05, 4.69) is 13.8 Å². The molecule has 8 heteroatoms. The number of hydrogen-bond donors (Lipinski definition) is 0. The molecule has 0 radical (unpaired) electrons. The summed E-state index contributed by atoms with van der Waals surface area (Å²) in [5, 5.41) is 0. The van der Waals surface area contributed by atoms with Gasteiger partial charge in [0.05, 0.1) is 12.7 Å². The van der Waals surface area contributed by atoms with Crippen LogP contribution in [0.2, 0.25) is 0 Å². The van der Waals surface area contributed by atoms with E-state index in [0.29, 0.717) is 54.3 Å². The lowest BCUT2D eigenvalue weighted by atomic mass is 9.45. The number of fused-ring (bicyclic) bond motifs is 6. The van der Waals surface area contributed by atoms with Crippen LogP contribution in [-0.4, -0.2) is 66.6 Å². The van der Waals surface area contributed by atoms with E-state index in [0.717, 1.165) is 38.5 Å². The van der Waals surface area contributed by atoms with E-state index >= 15 is 0 Å². The number of carbonyl (C=O) groups is 2. The first-order valence-electron chi connectivity index (χ1n) is 16.8. The van der Waals surface area contributed by atoms with Crippen LogP contribution in [0.4, 0.5) is 0 Å². The van der Waals surface area contributed by atoms with Gasteiger partial charge in [0.15, 0.2) is 11.6 Å². The van der Waals surface area contributed by atoms with E-state index < -0.39 is 11.6 Å². The minimum Gasteiger partial charge on any atom is -0.462 e. The highest BCUT2D eigenvalue weighted by Gasteiger charge is 2.62. The van der Waals surface area contributed by atoms with Crippen LogP contribution in [-0.2, 0) is 38.0 Å². The molecule has 42 heavy (non-hydrogen) atoms. The molecule has 3 saturated heterocycles. The molecule has 7 fully saturated rings. The molecule has 0 aromatic rings. The summed E-state index contributed by atoms with van der Waals surface area (Å²) < 4.78 is 37.2. The minimum atomic E-state index is -0.708. The van der Waals surface area contributed by atoms with Gasteiger partial charge in [-0.1, -0.05) is 13.8 Å². The molecule has 8 nitrogen and oxygen atoms in total. The minimum absolute atomic E-state index is 0.0179. The molecular formula is C34H52O8.